The van der Waals surface area contributed by atoms with Gasteiger partial charge in [-0.05, 0) is 44.9 Å². The summed E-state index contributed by atoms with van der Waals surface area (Å²) in [5.41, 5.74) is 5.49. The average Bonchev–Trinajstić information content (AvgIpc) is 2.34. The first kappa shape index (κ1) is 15.5. The molecule has 0 amide bonds. The Morgan fingerprint density at radius 2 is 1.53 bits per heavy atom. The van der Waals surface area contributed by atoms with Crippen LogP contribution in [0.25, 0.3) is 0 Å². The van der Waals surface area contributed by atoms with Crippen LogP contribution in [-0.2, 0) is 16.5 Å². The first-order valence-electron chi connectivity index (χ1n) is 5.98. The van der Waals surface area contributed by atoms with Crippen molar-refractivity contribution in [2.24, 2.45) is 4.99 Å². The van der Waals surface area contributed by atoms with E-state index in [9.17, 15) is 0 Å². The maximum atomic E-state index is 4.66. The van der Waals surface area contributed by atoms with Crippen molar-refractivity contribution < 1.29 is 16.5 Å². The molecule has 102 valence electrons. The van der Waals surface area contributed by atoms with Crippen molar-refractivity contribution in [1.29, 1.82) is 0 Å². The first-order valence-corrected chi connectivity index (χ1v) is 5.98. The number of rotatable bonds is 2. The molecule has 4 heteroatoms. The van der Waals surface area contributed by atoms with Gasteiger partial charge in [0.05, 0.1) is 11.4 Å². The van der Waals surface area contributed by atoms with E-state index in [1.165, 1.54) is 16.7 Å². The minimum atomic E-state index is 0. The summed E-state index contributed by atoms with van der Waals surface area (Å²) < 4.78 is 0. The molecule has 19 heavy (non-hydrogen) atoms. The first-order chi connectivity index (χ1) is 8.58. The third-order valence-electron chi connectivity index (χ3n) is 2.80. The minimum Gasteiger partial charge on any atom is -0.249 e. The molecule has 1 heterocycles. The zero-order valence-corrected chi connectivity index (χ0v) is 12.5. The molecule has 1 aromatic carbocycles. The van der Waals surface area contributed by atoms with Gasteiger partial charge in [-0.1, -0.05) is 17.7 Å². The van der Waals surface area contributed by atoms with Crippen LogP contribution in [-0.4, -0.2) is 15.7 Å². The van der Waals surface area contributed by atoms with Crippen LogP contribution in [0.2, 0.25) is 0 Å². The summed E-state index contributed by atoms with van der Waals surface area (Å²) in [7, 11) is 0. The number of aryl methyl sites for hydroxylation is 3. The monoisotopic (exact) mass is 297 g/mol. The van der Waals surface area contributed by atoms with E-state index in [2.05, 4.69) is 47.9 Å². The van der Waals surface area contributed by atoms with Crippen LogP contribution in [0.3, 0.4) is 0 Å². The van der Waals surface area contributed by atoms with Crippen LogP contribution < -0.4 is 0 Å². The average molecular weight is 298 g/mol. The number of hydrogen-bond donors (Lipinski definition) is 0. The molecule has 2 rings (SSSR count). The van der Waals surface area contributed by atoms with Gasteiger partial charge >= 0.3 is 0 Å². The van der Waals surface area contributed by atoms with Gasteiger partial charge in [-0.25, -0.2) is 15.0 Å². The summed E-state index contributed by atoms with van der Waals surface area (Å²) in [6.07, 6.45) is 3.46. The molecule has 3 nitrogen and oxygen atoms in total. The van der Waals surface area contributed by atoms with E-state index in [-0.39, 0.29) is 16.5 Å². The Balaban J connectivity index is 0.00000180. The Morgan fingerprint density at radius 1 is 1.00 bits per heavy atom. The second-order valence-corrected chi connectivity index (χ2v) is 4.52. The van der Waals surface area contributed by atoms with Gasteiger partial charge in [-0.2, -0.15) is 0 Å². The van der Waals surface area contributed by atoms with Crippen LogP contribution in [0, 0.1) is 20.8 Å². The van der Waals surface area contributed by atoms with Gasteiger partial charge in [0.15, 0.2) is 5.82 Å². The number of nitrogens with zero attached hydrogens (tertiary/aromatic N) is 3. The molecule has 0 spiro atoms. The standard InChI is InChI=1S/C15H17N3.Ni/c1-10-8-11(2)14(12(3)9-10)18-13(4)15-16-6-5-7-17-15;/h5-9H,1-4H3;. The Labute approximate surface area is 124 Å². The van der Waals surface area contributed by atoms with Crippen LogP contribution in [0.5, 0.6) is 0 Å². The third kappa shape index (κ3) is 3.71. The van der Waals surface area contributed by atoms with Gasteiger partial charge in [-0.15, -0.1) is 0 Å². The fraction of sp³-hybridized carbons (Fsp3) is 0.267. The summed E-state index contributed by atoms with van der Waals surface area (Å²) in [6, 6.07) is 6.09. The van der Waals surface area contributed by atoms with E-state index < -0.39 is 0 Å². The fourth-order valence-corrected chi connectivity index (χ4v) is 2.05. The summed E-state index contributed by atoms with van der Waals surface area (Å²) in [5, 5.41) is 0. The van der Waals surface area contributed by atoms with E-state index in [1.54, 1.807) is 18.5 Å². The summed E-state index contributed by atoms with van der Waals surface area (Å²) in [6.45, 7) is 8.20. The molecule has 0 N–H and O–H groups in total. The van der Waals surface area contributed by atoms with Crippen LogP contribution in [0.1, 0.15) is 29.4 Å². The molecule has 0 unspecified atom stereocenters. The second-order valence-electron chi connectivity index (χ2n) is 4.52. The van der Waals surface area contributed by atoms with Crippen molar-refractivity contribution in [3.63, 3.8) is 0 Å². The Kier molecular flexibility index (Phi) is 5.37. The van der Waals surface area contributed by atoms with E-state index in [0.717, 1.165) is 11.4 Å². The Morgan fingerprint density at radius 3 is 2.05 bits per heavy atom. The fourth-order valence-electron chi connectivity index (χ4n) is 2.05. The topological polar surface area (TPSA) is 38.1 Å². The van der Waals surface area contributed by atoms with E-state index in [1.807, 2.05) is 6.92 Å². The maximum Gasteiger partial charge on any atom is 0.173 e. The molecular weight excluding hydrogens is 281 g/mol. The van der Waals surface area contributed by atoms with Gasteiger partial charge in [0.2, 0.25) is 0 Å². The Hall–Kier alpha value is -1.54. The van der Waals surface area contributed by atoms with Crippen molar-refractivity contribution in [2.45, 2.75) is 27.7 Å². The molecule has 0 atom stereocenters. The molecule has 1 aromatic heterocycles. The third-order valence-corrected chi connectivity index (χ3v) is 2.80. The minimum absolute atomic E-state index is 0. The molecule has 0 aliphatic rings. The van der Waals surface area contributed by atoms with Crippen LogP contribution in [0.15, 0.2) is 35.6 Å². The zero-order valence-electron chi connectivity index (χ0n) is 11.5. The van der Waals surface area contributed by atoms with Crippen molar-refractivity contribution >= 4 is 11.4 Å². The largest absolute Gasteiger partial charge is 0.249 e. The van der Waals surface area contributed by atoms with Crippen molar-refractivity contribution in [1.82, 2.24) is 9.97 Å². The van der Waals surface area contributed by atoms with Crippen LogP contribution >= 0.6 is 0 Å². The SMILES string of the molecule is CC(=Nc1c(C)cc(C)cc1C)c1ncccn1.[Ni]. The molecule has 0 fully saturated rings. The summed E-state index contributed by atoms with van der Waals surface area (Å²) in [5.74, 6) is 0.678. The predicted octanol–water partition coefficient (Wildman–Crippen LogP) is 3.54. The second kappa shape index (κ2) is 6.58. The molecule has 2 aromatic rings. The Bertz CT molecular complexity index is 569. The molecule has 0 radical (unpaired) electrons. The molecule has 0 aliphatic heterocycles. The van der Waals surface area contributed by atoms with E-state index in [0.29, 0.717) is 5.82 Å². The van der Waals surface area contributed by atoms with Crippen molar-refractivity contribution in [3.8, 4) is 0 Å². The quantitative estimate of drug-likeness (QED) is 0.628. The van der Waals surface area contributed by atoms with Gasteiger partial charge in [0.25, 0.3) is 0 Å². The van der Waals surface area contributed by atoms with E-state index >= 15 is 0 Å². The summed E-state index contributed by atoms with van der Waals surface area (Å²) >= 11 is 0. The number of aliphatic imine (C=N–C) groups is 1. The van der Waals surface area contributed by atoms with Crippen LogP contribution in [0.4, 0.5) is 5.69 Å². The predicted molar refractivity (Wildman–Crippen MR) is 74.6 cm³/mol. The zero-order chi connectivity index (χ0) is 13.1. The van der Waals surface area contributed by atoms with Crippen molar-refractivity contribution in [2.75, 3.05) is 0 Å². The molecule has 0 saturated carbocycles. The van der Waals surface area contributed by atoms with Gasteiger partial charge in [0, 0.05) is 28.9 Å². The molecule has 0 saturated heterocycles. The molecule has 0 aliphatic carbocycles. The van der Waals surface area contributed by atoms with E-state index in [4.69, 9.17) is 0 Å². The summed E-state index contributed by atoms with van der Waals surface area (Å²) in [4.78, 5) is 13.1. The number of benzene rings is 1. The normalized spacial score (nSPS) is 11.1. The van der Waals surface area contributed by atoms with Crippen molar-refractivity contribution in [3.05, 3.63) is 53.1 Å². The van der Waals surface area contributed by atoms with Gasteiger partial charge in [-0.3, -0.25) is 0 Å². The van der Waals surface area contributed by atoms with Gasteiger partial charge in [0.1, 0.15) is 0 Å². The number of aromatic nitrogens is 2. The smallest absolute Gasteiger partial charge is 0.173 e. The van der Waals surface area contributed by atoms with Gasteiger partial charge < -0.3 is 0 Å². The molecular formula is C15H17N3Ni. The maximum absolute atomic E-state index is 4.66. The molecule has 0 bridgehead atoms. The number of hydrogen-bond acceptors (Lipinski definition) is 3.